The van der Waals surface area contributed by atoms with Crippen molar-refractivity contribution in [3.05, 3.63) is 0 Å². The molecule has 0 bridgehead atoms. The maximum absolute atomic E-state index is 10.5. The Morgan fingerprint density at radius 2 is 1.84 bits per heavy atom. The summed E-state index contributed by atoms with van der Waals surface area (Å²) in [5.41, 5.74) is 5.53. The molecule has 0 aromatic rings. The highest BCUT2D eigenvalue weighted by atomic mass is 16.5. The lowest BCUT2D eigenvalue weighted by Crippen LogP contribution is -2.61. The molecule has 1 fully saturated rings. The van der Waals surface area contributed by atoms with Crippen LogP contribution in [0.3, 0.4) is 0 Å². The smallest absolute Gasteiger partial charge is 0.303 e. The van der Waals surface area contributed by atoms with Gasteiger partial charge in [-0.2, -0.15) is 0 Å². The van der Waals surface area contributed by atoms with E-state index >= 15 is 0 Å². The lowest BCUT2D eigenvalue weighted by Gasteiger charge is -2.43. The summed E-state index contributed by atoms with van der Waals surface area (Å²) in [6.07, 6.45) is -6.14. The number of aliphatic carboxylic acids is 1. The third-order valence-corrected chi connectivity index (χ3v) is 3.43. The molecule has 1 rings (SSSR count). The third-order valence-electron chi connectivity index (χ3n) is 3.43. The lowest BCUT2D eigenvalue weighted by atomic mass is 9.85. The van der Waals surface area contributed by atoms with E-state index in [1.807, 2.05) is 0 Å². The zero-order chi connectivity index (χ0) is 14.6. The molecule has 0 amide bonds. The minimum Gasteiger partial charge on any atom is -0.481 e. The number of ether oxygens (including phenoxy) is 1. The third kappa shape index (κ3) is 3.85. The van der Waals surface area contributed by atoms with E-state index in [9.17, 15) is 20.1 Å². The van der Waals surface area contributed by atoms with Gasteiger partial charge in [-0.25, -0.2) is 0 Å². The molecule has 0 aliphatic carbocycles. The first-order chi connectivity index (χ1) is 8.92. The Hall–Kier alpha value is -0.770. The summed E-state index contributed by atoms with van der Waals surface area (Å²) in [6, 6.07) is 0. The van der Waals surface area contributed by atoms with E-state index in [2.05, 4.69) is 0 Å². The molecule has 0 aromatic carbocycles. The Morgan fingerprint density at radius 1 is 1.21 bits per heavy atom. The van der Waals surface area contributed by atoms with Gasteiger partial charge in [0.05, 0.1) is 12.7 Å². The van der Waals surface area contributed by atoms with Crippen molar-refractivity contribution in [2.24, 2.45) is 11.7 Å². The average Bonchev–Trinajstić information content (AvgIpc) is 2.38. The monoisotopic (exact) mass is 279 g/mol. The van der Waals surface area contributed by atoms with Crippen molar-refractivity contribution < 1.29 is 35.1 Å². The van der Waals surface area contributed by atoms with Crippen molar-refractivity contribution in [2.45, 2.75) is 43.4 Å². The maximum Gasteiger partial charge on any atom is 0.303 e. The number of carboxylic acids is 1. The van der Waals surface area contributed by atoms with E-state index in [-0.39, 0.29) is 19.4 Å². The maximum atomic E-state index is 10.5. The first kappa shape index (κ1) is 16.3. The summed E-state index contributed by atoms with van der Waals surface area (Å²) in [6.45, 7) is -0.451. The van der Waals surface area contributed by atoms with Gasteiger partial charge in [-0.1, -0.05) is 0 Å². The molecule has 0 radical (unpaired) electrons. The first-order valence-corrected chi connectivity index (χ1v) is 6.14. The minimum absolute atomic E-state index is 0.0654. The van der Waals surface area contributed by atoms with Crippen LogP contribution in [-0.4, -0.2) is 75.2 Å². The van der Waals surface area contributed by atoms with Crippen LogP contribution in [0, 0.1) is 5.92 Å². The number of nitrogens with two attached hydrogens (primary N) is 1. The molecule has 0 aromatic heterocycles. The minimum atomic E-state index is -1.46. The number of carbonyl (C=O) groups is 1. The largest absolute Gasteiger partial charge is 0.481 e. The van der Waals surface area contributed by atoms with Gasteiger partial charge < -0.3 is 36.0 Å². The molecule has 112 valence electrons. The van der Waals surface area contributed by atoms with Crippen molar-refractivity contribution in [1.29, 1.82) is 0 Å². The van der Waals surface area contributed by atoms with Gasteiger partial charge in [-0.05, 0) is 13.0 Å². The van der Waals surface area contributed by atoms with E-state index in [0.717, 1.165) is 0 Å². The summed E-state index contributed by atoms with van der Waals surface area (Å²) in [5, 5.41) is 46.8. The van der Waals surface area contributed by atoms with Crippen LogP contribution in [0.1, 0.15) is 12.8 Å². The molecule has 7 N–H and O–H groups in total. The second-order valence-electron chi connectivity index (χ2n) is 4.72. The lowest BCUT2D eigenvalue weighted by molar-refractivity contribution is -0.240. The van der Waals surface area contributed by atoms with Gasteiger partial charge in [0, 0.05) is 12.3 Å². The first-order valence-electron chi connectivity index (χ1n) is 6.14. The number of aliphatic hydroxyl groups is 4. The van der Waals surface area contributed by atoms with Crippen molar-refractivity contribution in [2.75, 3.05) is 13.2 Å². The zero-order valence-corrected chi connectivity index (χ0v) is 10.4. The van der Waals surface area contributed by atoms with Gasteiger partial charge >= 0.3 is 5.97 Å². The molecular formula is C11H21NO7. The van der Waals surface area contributed by atoms with Crippen LogP contribution in [-0.2, 0) is 9.53 Å². The zero-order valence-electron chi connectivity index (χ0n) is 10.4. The van der Waals surface area contributed by atoms with E-state index in [0.29, 0.717) is 0 Å². The number of carboxylic acid groups (broad SMARTS) is 1. The Balaban J connectivity index is 2.74. The fraction of sp³-hybridized carbons (Fsp3) is 0.909. The normalized spacial score (nSPS) is 37.0. The van der Waals surface area contributed by atoms with Crippen LogP contribution in [0.2, 0.25) is 0 Å². The highest BCUT2D eigenvalue weighted by molar-refractivity contribution is 5.66. The van der Waals surface area contributed by atoms with Crippen molar-refractivity contribution in [3.8, 4) is 0 Å². The van der Waals surface area contributed by atoms with Gasteiger partial charge in [0.25, 0.3) is 0 Å². The Labute approximate surface area is 110 Å². The summed E-state index contributed by atoms with van der Waals surface area (Å²) in [7, 11) is 0. The van der Waals surface area contributed by atoms with Crippen molar-refractivity contribution in [1.82, 2.24) is 0 Å². The van der Waals surface area contributed by atoms with Gasteiger partial charge in [-0.3, -0.25) is 4.79 Å². The van der Waals surface area contributed by atoms with Gasteiger partial charge in [0.15, 0.2) is 0 Å². The Bertz CT molecular complexity index is 299. The number of hydrogen-bond donors (Lipinski definition) is 6. The number of aliphatic hydroxyl groups excluding tert-OH is 4. The SMILES string of the molecule is NCC(CCC(=O)O)[C@@H]1O[C@H](CO)[C@@H](O)[C@H](O)[C@H]1O. The van der Waals surface area contributed by atoms with E-state index in [1.54, 1.807) is 0 Å². The molecule has 1 unspecified atom stereocenters. The fourth-order valence-electron chi connectivity index (χ4n) is 2.25. The number of rotatable bonds is 6. The average molecular weight is 279 g/mol. The summed E-state index contributed by atoms with van der Waals surface area (Å²) < 4.78 is 5.33. The molecule has 8 nitrogen and oxygen atoms in total. The van der Waals surface area contributed by atoms with Crippen molar-refractivity contribution in [3.63, 3.8) is 0 Å². The molecule has 1 heterocycles. The highest BCUT2D eigenvalue weighted by Gasteiger charge is 2.45. The summed E-state index contributed by atoms with van der Waals surface area (Å²) >= 11 is 0. The van der Waals surface area contributed by atoms with E-state index in [4.69, 9.17) is 20.7 Å². The number of hydrogen-bond acceptors (Lipinski definition) is 7. The molecule has 1 saturated heterocycles. The van der Waals surface area contributed by atoms with Gasteiger partial charge in [-0.15, -0.1) is 0 Å². The fourth-order valence-corrected chi connectivity index (χ4v) is 2.25. The molecule has 8 heteroatoms. The molecule has 1 aliphatic heterocycles. The highest BCUT2D eigenvalue weighted by Crippen LogP contribution is 2.27. The van der Waals surface area contributed by atoms with Gasteiger partial charge in [0.1, 0.15) is 24.4 Å². The predicted octanol–water partition coefficient (Wildman–Crippen LogP) is -2.73. The van der Waals surface area contributed by atoms with Crippen LogP contribution in [0.25, 0.3) is 0 Å². The quantitative estimate of drug-likeness (QED) is 0.306. The van der Waals surface area contributed by atoms with Crippen LogP contribution in [0.5, 0.6) is 0 Å². The van der Waals surface area contributed by atoms with Crippen molar-refractivity contribution >= 4 is 5.97 Å². The molecule has 1 aliphatic rings. The van der Waals surface area contributed by atoms with Crippen LogP contribution in [0.4, 0.5) is 0 Å². The van der Waals surface area contributed by atoms with E-state index in [1.165, 1.54) is 0 Å². The van der Waals surface area contributed by atoms with E-state index < -0.39 is 49.0 Å². The molecule has 19 heavy (non-hydrogen) atoms. The topological polar surface area (TPSA) is 153 Å². The van der Waals surface area contributed by atoms with Crippen LogP contribution < -0.4 is 5.73 Å². The summed E-state index contributed by atoms with van der Waals surface area (Å²) in [4.78, 5) is 10.5. The molecule has 0 spiro atoms. The second kappa shape index (κ2) is 7.13. The Morgan fingerprint density at radius 3 is 2.32 bits per heavy atom. The summed E-state index contributed by atoms with van der Waals surface area (Å²) in [5.74, 6) is -1.48. The Kier molecular flexibility index (Phi) is 6.11. The molecule has 6 atom stereocenters. The van der Waals surface area contributed by atoms with Gasteiger partial charge in [0.2, 0.25) is 0 Å². The molecular weight excluding hydrogens is 258 g/mol. The standard InChI is InChI=1S/C11H21NO7/c12-3-5(1-2-7(14)15)11-10(18)9(17)8(16)6(4-13)19-11/h5-6,8-11,13,16-18H,1-4,12H2,(H,14,15)/t5?,6-,8-,9+,10-,11+/m1/s1. The van der Waals surface area contributed by atoms with Crippen LogP contribution in [0.15, 0.2) is 0 Å². The predicted molar refractivity (Wildman–Crippen MR) is 63.2 cm³/mol. The van der Waals surface area contributed by atoms with Crippen LogP contribution >= 0.6 is 0 Å². The second-order valence-corrected chi connectivity index (χ2v) is 4.72. The molecule has 0 saturated carbocycles.